The molecule has 0 fully saturated rings. The predicted molar refractivity (Wildman–Crippen MR) is 110 cm³/mol. The third-order valence-corrected chi connectivity index (χ3v) is 6.15. The van der Waals surface area contributed by atoms with Crippen molar-refractivity contribution in [1.82, 2.24) is 0 Å². The van der Waals surface area contributed by atoms with E-state index in [9.17, 15) is 0 Å². The van der Waals surface area contributed by atoms with E-state index in [2.05, 4.69) is 99.7 Å². The molecule has 5 rings (SSSR count). The number of benzene rings is 3. The van der Waals surface area contributed by atoms with E-state index in [0.717, 1.165) is 0 Å². The summed E-state index contributed by atoms with van der Waals surface area (Å²) in [5, 5.41) is 0. The van der Waals surface area contributed by atoms with Gasteiger partial charge in [-0.2, -0.15) is 0 Å². The number of allylic oxidation sites excluding steroid dienone is 4. The summed E-state index contributed by atoms with van der Waals surface area (Å²) in [6, 6.07) is 24.7. The number of rotatable bonds is 1. The molecular weight excluding hydrogens is 312 g/mol. The first-order valence-electron chi connectivity index (χ1n) is 9.35. The second kappa shape index (κ2) is 5.32. The minimum atomic E-state index is -0.189. The van der Waals surface area contributed by atoms with Crippen LogP contribution in [0.3, 0.4) is 0 Å². The van der Waals surface area contributed by atoms with Crippen LogP contribution >= 0.6 is 0 Å². The van der Waals surface area contributed by atoms with Gasteiger partial charge in [0.1, 0.15) is 0 Å². The molecule has 26 heavy (non-hydrogen) atoms. The summed E-state index contributed by atoms with van der Waals surface area (Å²) in [6.07, 6.45) is 4.51. The Morgan fingerprint density at radius 1 is 0.692 bits per heavy atom. The summed E-state index contributed by atoms with van der Waals surface area (Å²) in [5.41, 5.74) is 12.4. The Balaban J connectivity index is 2.03. The summed E-state index contributed by atoms with van der Waals surface area (Å²) >= 11 is 0. The summed E-state index contributed by atoms with van der Waals surface area (Å²) in [6.45, 7) is 6.63. The molecule has 0 aliphatic heterocycles. The van der Waals surface area contributed by atoms with Gasteiger partial charge in [-0.15, -0.1) is 0 Å². The van der Waals surface area contributed by atoms with Crippen LogP contribution in [0.5, 0.6) is 0 Å². The Morgan fingerprint density at radius 3 is 2.04 bits per heavy atom. The minimum absolute atomic E-state index is 0.189. The molecule has 0 heterocycles. The molecule has 2 aliphatic rings. The zero-order valence-corrected chi connectivity index (χ0v) is 15.5. The standard InChI is InChI=1S/C26H22/c1-4-10-21-18(3)19-12-5-7-14-22(19)26(21)23-15-8-6-13-20(23)25-17(2)11-9-16-24(25)26/h4-16H,1-3H3/b10-4-. The van der Waals surface area contributed by atoms with Crippen molar-refractivity contribution in [2.24, 2.45) is 0 Å². The van der Waals surface area contributed by atoms with Crippen LogP contribution in [-0.2, 0) is 5.41 Å². The Bertz CT molecular complexity index is 1110. The van der Waals surface area contributed by atoms with Crippen molar-refractivity contribution < 1.29 is 0 Å². The Hall–Kier alpha value is -2.86. The van der Waals surface area contributed by atoms with Gasteiger partial charge in [0.05, 0.1) is 5.41 Å². The van der Waals surface area contributed by atoms with Crippen molar-refractivity contribution in [2.45, 2.75) is 26.2 Å². The van der Waals surface area contributed by atoms with E-state index >= 15 is 0 Å². The van der Waals surface area contributed by atoms with E-state index < -0.39 is 0 Å². The summed E-state index contributed by atoms with van der Waals surface area (Å²) in [5.74, 6) is 0. The molecule has 0 bridgehead atoms. The van der Waals surface area contributed by atoms with Crippen LogP contribution in [0, 0.1) is 6.92 Å². The zero-order chi connectivity index (χ0) is 17.9. The highest BCUT2D eigenvalue weighted by Gasteiger charge is 2.51. The van der Waals surface area contributed by atoms with Crippen LogP contribution in [0.15, 0.2) is 84.5 Å². The third kappa shape index (κ3) is 1.65. The number of hydrogen-bond donors (Lipinski definition) is 0. The molecule has 1 spiro atoms. The largest absolute Gasteiger partial charge is 0.0873 e. The van der Waals surface area contributed by atoms with Crippen LogP contribution in [0.1, 0.15) is 41.7 Å². The number of hydrogen-bond acceptors (Lipinski definition) is 0. The molecule has 2 aliphatic carbocycles. The molecule has 1 unspecified atom stereocenters. The SMILES string of the molecule is C/C=C\C1=C(C)c2ccccc2C12c1ccccc1-c1c(C)cccc12. The summed E-state index contributed by atoms with van der Waals surface area (Å²) in [4.78, 5) is 0. The highest BCUT2D eigenvalue weighted by atomic mass is 14.5. The van der Waals surface area contributed by atoms with Gasteiger partial charge in [0.25, 0.3) is 0 Å². The van der Waals surface area contributed by atoms with Gasteiger partial charge in [0, 0.05) is 0 Å². The van der Waals surface area contributed by atoms with Crippen molar-refractivity contribution in [1.29, 1.82) is 0 Å². The molecule has 0 heteroatoms. The maximum absolute atomic E-state index is 2.33. The fourth-order valence-electron chi connectivity index (χ4n) is 5.22. The van der Waals surface area contributed by atoms with Crippen molar-refractivity contribution in [2.75, 3.05) is 0 Å². The fraction of sp³-hybridized carbons (Fsp3) is 0.154. The second-order valence-corrected chi connectivity index (χ2v) is 7.38. The first-order chi connectivity index (χ1) is 12.7. The van der Waals surface area contributed by atoms with Crippen molar-refractivity contribution in [3.63, 3.8) is 0 Å². The van der Waals surface area contributed by atoms with Gasteiger partial charge < -0.3 is 0 Å². The summed E-state index contributed by atoms with van der Waals surface area (Å²) in [7, 11) is 0. The maximum atomic E-state index is 2.33. The van der Waals surface area contributed by atoms with Gasteiger partial charge in [0.2, 0.25) is 0 Å². The van der Waals surface area contributed by atoms with E-state index in [0.29, 0.717) is 0 Å². The Labute approximate surface area is 155 Å². The van der Waals surface area contributed by atoms with Crippen LogP contribution in [0.25, 0.3) is 16.7 Å². The van der Waals surface area contributed by atoms with Crippen LogP contribution in [-0.4, -0.2) is 0 Å². The first-order valence-corrected chi connectivity index (χ1v) is 9.35. The lowest BCUT2D eigenvalue weighted by molar-refractivity contribution is 0.785. The van der Waals surface area contributed by atoms with Crippen molar-refractivity contribution in [3.05, 3.63) is 112 Å². The minimum Gasteiger partial charge on any atom is -0.0873 e. The average molecular weight is 334 g/mol. The topological polar surface area (TPSA) is 0 Å². The van der Waals surface area contributed by atoms with E-state index in [-0.39, 0.29) is 5.41 Å². The van der Waals surface area contributed by atoms with Crippen molar-refractivity contribution >= 4 is 5.57 Å². The van der Waals surface area contributed by atoms with E-state index in [1.165, 1.54) is 50.1 Å². The van der Waals surface area contributed by atoms with Crippen LogP contribution in [0.4, 0.5) is 0 Å². The number of aryl methyl sites for hydroxylation is 1. The molecule has 3 aromatic carbocycles. The highest BCUT2D eigenvalue weighted by molar-refractivity contribution is 5.95. The third-order valence-electron chi connectivity index (χ3n) is 6.15. The lowest BCUT2D eigenvalue weighted by Crippen LogP contribution is -2.26. The molecule has 0 N–H and O–H groups in total. The molecule has 0 saturated carbocycles. The molecule has 3 aromatic rings. The van der Waals surface area contributed by atoms with E-state index in [1.54, 1.807) is 0 Å². The van der Waals surface area contributed by atoms with Crippen LogP contribution < -0.4 is 0 Å². The summed E-state index contributed by atoms with van der Waals surface area (Å²) < 4.78 is 0. The Morgan fingerprint density at radius 2 is 1.31 bits per heavy atom. The predicted octanol–water partition coefficient (Wildman–Crippen LogP) is 6.67. The molecule has 0 aromatic heterocycles. The molecule has 0 nitrogen and oxygen atoms in total. The van der Waals surface area contributed by atoms with Crippen LogP contribution in [0.2, 0.25) is 0 Å². The van der Waals surface area contributed by atoms with Gasteiger partial charge in [-0.3, -0.25) is 0 Å². The quantitative estimate of drug-likeness (QED) is 0.466. The lowest BCUT2D eigenvalue weighted by atomic mass is 9.69. The van der Waals surface area contributed by atoms with Gasteiger partial charge >= 0.3 is 0 Å². The normalized spacial score (nSPS) is 20.0. The second-order valence-electron chi connectivity index (χ2n) is 7.38. The van der Waals surface area contributed by atoms with Gasteiger partial charge in [-0.25, -0.2) is 0 Å². The monoisotopic (exact) mass is 334 g/mol. The first kappa shape index (κ1) is 15.4. The molecule has 1 atom stereocenters. The maximum Gasteiger partial charge on any atom is 0.0722 e. The van der Waals surface area contributed by atoms with Gasteiger partial charge in [-0.05, 0) is 70.9 Å². The van der Waals surface area contributed by atoms with E-state index in [1.807, 2.05) is 0 Å². The van der Waals surface area contributed by atoms with Gasteiger partial charge in [0.15, 0.2) is 0 Å². The molecule has 126 valence electrons. The van der Waals surface area contributed by atoms with Crippen molar-refractivity contribution in [3.8, 4) is 11.1 Å². The van der Waals surface area contributed by atoms with Gasteiger partial charge in [-0.1, -0.05) is 78.9 Å². The number of fused-ring (bicyclic) bond motifs is 7. The fourth-order valence-corrected chi connectivity index (χ4v) is 5.22. The smallest absolute Gasteiger partial charge is 0.0722 e. The average Bonchev–Trinajstić information content (AvgIpc) is 3.10. The Kier molecular flexibility index (Phi) is 3.15. The molecule has 0 radical (unpaired) electrons. The zero-order valence-electron chi connectivity index (χ0n) is 15.5. The molecule has 0 amide bonds. The van der Waals surface area contributed by atoms with E-state index in [4.69, 9.17) is 0 Å². The lowest BCUT2D eigenvalue weighted by Gasteiger charge is -2.31. The molecule has 0 saturated heterocycles. The highest BCUT2D eigenvalue weighted by Crippen LogP contribution is 2.62. The molecular formula is C26H22.